The summed E-state index contributed by atoms with van der Waals surface area (Å²) in [6.07, 6.45) is 0. The monoisotopic (exact) mass is 328 g/mol. The van der Waals surface area contributed by atoms with Crippen molar-refractivity contribution < 1.29 is 21.8 Å². The Morgan fingerprint density at radius 2 is 1.90 bits per heavy atom. The summed E-state index contributed by atoms with van der Waals surface area (Å²) in [5.74, 6) is -1.07. The largest absolute Gasteiger partial charge is 0.377 e. The van der Waals surface area contributed by atoms with Crippen LogP contribution in [0.4, 0.5) is 4.39 Å². The second kappa shape index (κ2) is 5.83. The first kappa shape index (κ1) is 15.5. The molecule has 0 amide bonds. The molecule has 0 bridgehead atoms. The van der Waals surface area contributed by atoms with Crippen LogP contribution < -0.4 is 4.18 Å². The Morgan fingerprint density at radius 1 is 1.19 bits per heavy atom. The van der Waals surface area contributed by atoms with E-state index >= 15 is 0 Å². The van der Waals surface area contributed by atoms with E-state index in [0.29, 0.717) is 0 Å². The lowest BCUT2D eigenvalue weighted by Crippen LogP contribution is -2.11. The average Bonchev–Trinajstić information content (AvgIpc) is 2.42. The molecule has 0 aromatic heterocycles. The van der Waals surface area contributed by atoms with Crippen LogP contribution in [0.15, 0.2) is 47.4 Å². The van der Waals surface area contributed by atoms with Gasteiger partial charge < -0.3 is 4.18 Å². The van der Waals surface area contributed by atoms with Gasteiger partial charge in [0.05, 0.1) is 5.02 Å². The lowest BCUT2D eigenvalue weighted by atomic mass is 10.2. The average molecular weight is 329 g/mol. The number of carbonyl (C=O) groups is 1. The first-order valence-electron chi connectivity index (χ1n) is 5.80. The minimum Gasteiger partial charge on any atom is -0.377 e. The summed E-state index contributed by atoms with van der Waals surface area (Å²) in [6, 6.07) is 8.50. The number of carbonyl (C=O) groups excluding carboxylic acids is 1. The van der Waals surface area contributed by atoms with Gasteiger partial charge in [-0.05, 0) is 37.3 Å². The zero-order valence-electron chi connectivity index (χ0n) is 10.8. The minimum absolute atomic E-state index is 0.165. The fraction of sp³-hybridized carbons (Fsp3) is 0.0714. The van der Waals surface area contributed by atoms with Gasteiger partial charge in [-0.1, -0.05) is 23.7 Å². The van der Waals surface area contributed by atoms with Crippen molar-refractivity contribution in [3.8, 4) is 5.75 Å². The second-order valence-corrected chi connectivity index (χ2v) is 6.15. The van der Waals surface area contributed by atoms with Gasteiger partial charge in [-0.2, -0.15) is 8.42 Å². The molecule has 0 heterocycles. The van der Waals surface area contributed by atoms with Crippen molar-refractivity contribution in [2.75, 3.05) is 0 Å². The highest BCUT2D eigenvalue weighted by atomic mass is 35.5. The van der Waals surface area contributed by atoms with Gasteiger partial charge in [0.15, 0.2) is 11.5 Å². The molecule has 0 unspecified atom stereocenters. The fourth-order valence-electron chi connectivity index (χ4n) is 1.58. The minimum atomic E-state index is -4.16. The molecule has 2 aromatic carbocycles. The third kappa shape index (κ3) is 3.59. The molecule has 0 aliphatic heterocycles. The first-order valence-corrected chi connectivity index (χ1v) is 7.59. The Kier molecular flexibility index (Phi) is 4.29. The third-order valence-electron chi connectivity index (χ3n) is 2.62. The highest BCUT2D eigenvalue weighted by Gasteiger charge is 2.19. The van der Waals surface area contributed by atoms with Crippen LogP contribution in [0.2, 0.25) is 5.02 Å². The van der Waals surface area contributed by atoms with E-state index in [2.05, 4.69) is 0 Å². The highest BCUT2D eigenvalue weighted by Crippen LogP contribution is 2.28. The van der Waals surface area contributed by atoms with Crippen molar-refractivity contribution >= 4 is 27.5 Å². The van der Waals surface area contributed by atoms with Gasteiger partial charge in [0.25, 0.3) is 0 Å². The van der Waals surface area contributed by atoms with Gasteiger partial charge >= 0.3 is 10.1 Å². The molecular formula is C14H10ClFO4S. The molecule has 110 valence electrons. The number of hydrogen-bond acceptors (Lipinski definition) is 4. The SMILES string of the molecule is CC(=O)c1cccc(S(=O)(=O)Oc2ccc(F)cc2Cl)c1. The van der Waals surface area contributed by atoms with Crippen LogP contribution >= 0.6 is 11.6 Å². The van der Waals surface area contributed by atoms with Crippen molar-refractivity contribution in [1.29, 1.82) is 0 Å². The number of benzene rings is 2. The molecule has 0 atom stereocenters. The molecule has 0 radical (unpaired) electrons. The summed E-state index contributed by atoms with van der Waals surface area (Å²) in [5.41, 5.74) is 0.241. The van der Waals surface area contributed by atoms with Crippen molar-refractivity contribution in [2.45, 2.75) is 11.8 Å². The number of ketones is 1. The van der Waals surface area contributed by atoms with Crippen LogP contribution in [0, 0.1) is 5.82 Å². The van der Waals surface area contributed by atoms with E-state index in [1.165, 1.54) is 31.2 Å². The van der Waals surface area contributed by atoms with Gasteiger partial charge in [0.2, 0.25) is 0 Å². The highest BCUT2D eigenvalue weighted by molar-refractivity contribution is 7.87. The normalized spacial score (nSPS) is 11.2. The molecule has 0 aliphatic carbocycles. The molecule has 21 heavy (non-hydrogen) atoms. The van der Waals surface area contributed by atoms with Crippen LogP contribution in [0.5, 0.6) is 5.75 Å². The number of rotatable bonds is 4. The number of hydrogen-bond donors (Lipinski definition) is 0. The van der Waals surface area contributed by atoms with E-state index in [4.69, 9.17) is 15.8 Å². The van der Waals surface area contributed by atoms with Crippen molar-refractivity contribution in [3.05, 3.63) is 58.9 Å². The summed E-state index contributed by atoms with van der Waals surface area (Å²) < 4.78 is 42.0. The summed E-state index contributed by atoms with van der Waals surface area (Å²) in [7, 11) is -4.16. The second-order valence-electron chi connectivity index (χ2n) is 4.20. The topological polar surface area (TPSA) is 60.4 Å². The summed E-state index contributed by atoms with van der Waals surface area (Å²) in [6.45, 7) is 1.32. The zero-order valence-corrected chi connectivity index (χ0v) is 12.4. The quantitative estimate of drug-likeness (QED) is 0.637. The molecule has 0 saturated heterocycles. The van der Waals surface area contributed by atoms with Gasteiger partial charge in [-0.3, -0.25) is 4.79 Å². The van der Waals surface area contributed by atoms with Gasteiger partial charge in [0.1, 0.15) is 10.7 Å². The van der Waals surface area contributed by atoms with Crippen molar-refractivity contribution in [2.24, 2.45) is 0 Å². The molecule has 0 fully saturated rings. The summed E-state index contributed by atoms with van der Waals surface area (Å²) in [5, 5.41) is -0.165. The van der Waals surface area contributed by atoms with E-state index in [0.717, 1.165) is 18.2 Å². The van der Waals surface area contributed by atoms with Crippen molar-refractivity contribution in [3.63, 3.8) is 0 Å². The van der Waals surface area contributed by atoms with E-state index in [-0.39, 0.29) is 27.0 Å². The molecule has 2 rings (SSSR count). The molecule has 0 saturated carbocycles. The van der Waals surface area contributed by atoms with E-state index in [1.54, 1.807) is 0 Å². The van der Waals surface area contributed by atoms with Crippen LogP contribution in [0.1, 0.15) is 17.3 Å². The summed E-state index contributed by atoms with van der Waals surface area (Å²) in [4.78, 5) is 11.1. The van der Waals surface area contributed by atoms with Crippen LogP contribution in [0.25, 0.3) is 0 Å². The van der Waals surface area contributed by atoms with E-state index in [1.807, 2.05) is 0 Å². The predicted molar refractivity (Wildman–Crippen MR) is 75.7 cm³/mol. The van der Waals surface area contributed by atoms with E-state index in [9.17, 15) is 17.6 Å². The maximum atomic E-state index is 12.9. The van der Waals surface area contributed by atoms with Gasteiger partial charge in [-0.15, -0.1) is 0 Å². The molecular weight excluding hydrogens is 319 g/mol. The van der Waals surface area contributed by atoms with Crippen molar-refractivity contribution in [1.82, 2.24) is 0 Å². The van der Waals surface area contributed by atoms with Crippen LogP contribution in [-0.4, -0.2) is 14.2 Å². The predicted octanol–water partition coefficient (Wildman–Crippen LogP) is 3.45. The van der Waals surface area contributed by atoms with E-state index < -0.39 is 15.9 Å². The molecule has 2 aromatic rings. The van der Waals surface area contributed by atoms with Crippen LogP contribution in [0.3, 0.4) is 0 Å². The Hall–Kier alpha value is -1.92. The maximum Gasteiger partial charge on any atom is 0.339 e. The Bertz CT molecular complexity index is 802. The van der Waals surface area contributed by atoms with Crippen LogP contribution in [-0.2, 0) is 10.1 Å². The van der Waals surface area contributed by atoms with Gasteiger partial charge in [-0.25, -0.2) is 4.39 Å². The summed E-state index contributed by atoms with van der Waals surface area (Å²) >= 11 is 5.72. The maximum absolute atomic E-state index is 12.9. The lowest BCUT2D eigenvalue weighted by molar-refractivity contribution is 0.101. The Morgan fingerprint density at radius 3 is 2.52 bits per heavy atom. The lowest BCUT2D eigenvalue weighted by Gasteiger charge is -2.09. The Labute approximate surface area is 126 Å². The standard InChI is InChI=1S/C14H10ClFO4S/c1-9(17)10-3-2-4-12(7-10)21(18,19)20-14-6-5-11(16)8-13(14)15/h2-8H,1H3. The molecule has 0 N–H and O–H groups in total. The Balaban J connectivity index is 2.38. The zero-order chi connectivity index (χ0) is 15.6. The smallest absolute Gasteiger partial charge is 0.339 e. The third-order valence-corrected chi connectivity index (χ3v) is 4.15. The molecule has 0 spiro atoms. The van der Waals surface area contributed by atoms with Gasteiger partial charge in [0, 0.05) is 5.56 Å². The molecule has 4 nitrogen and oxygen atoms in total. The first-order chi connectivity index (χ1) is 9.79. The molecule has 0 aliphatic rings. The fourth-order valence-corrected chi connectivity index (χ4v) is 2.83. The molecule has 7 heteroatoms. The number of halogens is 2. The number of Topliss-reactive ketones (excluding diaryl/α,β-unsaturated/α-hetero) is 1.